The molecule has 0 saturated carbocycles. The van der Waals surface area contributed by atoms with Gasteiger partial charge in [0.1, 0.15) is 0 Å². The Morgan fingerprint density at radius 1 is 1.14 bits per heavy atom. The van der Waals surface area contributed by atoms with Crippen LogP contribution in [0.1, 0.15) is 42.4 Å². The van der Waals surface area contributed by atoms with E-state index in [1.54, 1.807) is 6.07 Å². The van der Waals surface area contributed by atoms with Gasteiger partial charge in [-0.15, -0.1) is 0 Å². The van der Waals surface area contributed by atoms with Crippen molar-refractivity contribution in [1.82, 2.24) is 9.80 Å². The summed E-state index contributed by atoms with van der Waals surface area (Å²) in [5, 5.41) is 33.3. The number of rotatable bonds is 4. The molecular weight excluding hydrogens is 456 g/mol. The number of aliphatic hydroxyl groups is 2. The van der Waals surface area contributed by atoms with Crippen LogP contribution >= 0.6 is 0 Å². The summed E-state index contributed by atoms with van der Waals surface area (Å²) in [6, 6.07) is 13.5. The number of carbonyl (C=O) groups is 1. The number of ether oxygens (including phenoxy) is 1. The Balaban J connectivity index is 1.45. The van der Waals surface area contributed by atoms with Crippen LogP contribution in [0.25, 0.3) is 0 Å². The van der Waals surface area contributed by atoms with E-state index in [-0.39, 0.29) is 30.2 Å². The number of likely N-dealkylation sites (tertiary alicyclic amines) is 1. The monoisotopic (exact) mass is 488 g/mol. The van der Waals surface area contributed by atoms with Crippen molar-refractivity contribution < 1.29 is 24.9 Å². The van der Waals surface area contributed by atoms with Crippen LogP contribution in [-0.4, -0.2) is 69.0 Å². The number of hydrogen-bond donors (Lipinski definition) is 3. The molecule has 3 aliphatic heterocycles. The smallest absolute Gasteiger partial charge is 0.230 e. The maximum Gasteiger partial charge on any atom is 0.230 e. The SMILES string of the molecule is CN1CC[C@]23c4c5ccc(O)c4O[C@H]2C2=C(C[C@H](CCO)C(=O)N2Cc2ccccc2)C[C@@]3(O)[C@H]1C5. The van der Waals surface area contributed by atoms with E-state index < -0.39 is 17.1 Å². The van der Waals surface area contributed by atoms with Crippen molar-refractivity contribution in [2.45, 2.75) is 61.8 Å². The second-order valence-corrected chi connectivity index (χ2v) is 11.3. The molecular formula is C29H32N2O5. The van der Waals surface area contributed by atoms with E-state index in [9.17, 15) is 20.1 Å². The number of amides is 1. The molecule has 0 unspecified atom stereocenters. The average Bonchev–Trinajstić information content (AvgIpc) is 3.22. The number of phenols is 1. The minimum absolute atomic E-state index is 0.00205. The normalized spacial score (nSPS) is 34.4. The Bertz CT molecular complexity index is 1290. The van der Waals surface area contributed by atoms with Gasteiger partial charge in [-0.2, -0.15) is 0 Å². The average molecular weight is 489 g/mol. The molecule has 7 rings (SSSR count). The number of nitrogens with zero attached hydrogens (tertiary/aromatic N) is 2. The molecule has 2 aromatic carbocycles. The third-order valence-electron chi connectivity index (χ3n) is 9.63. The molecule has 3 N–H and O–H groups in total. The van der Waals surface area contributed by atoms with Gasteiger partial charge in [0.05, 0.1) is 23.3 Å². The highest BCUT2D eigenvalue weighted by Gasteiger charge is 2.73. The largest absolute Gasteiger partial charge is 0.504 e. The van der Waals surface area contributed by atoms with E-state index >= 15 is 0 Å². The van der Waals surface area contributed by atoms with Gasteiger partial charge in [0.2, 0.25) is 5.91 Å². The van der Waals surface area contributed by atoms with Crippen LogP contribution < -0.4 is 4.74 Å². The maximum atomic E-state index is 13.9. The van der Waals surface area contributed by atoms with Gasteiger partial charge in [0.25, 0.3) is 0 Å². The van der Waals surface area contributed by atoms with Gasteiger partial charge in [-0.25, -0.2) is 0 Å². The fraction of sp³-hybridized carbons (Fsp3) is 0.483. The molecule has 1 fully saturated rings. The molecule has 5 atom stereocenters. The number of benzene rings is 2. The van der Waals surface area contributed by atoms with Crippen LogP contribution in [0, 0.1) is 5.92 Å². The van der Waals surface area contributed by atoms with Gasteiger partial charge >= 0.3 is 0 Å². The second kappa shape index (κ2) is 7.57. The number of piperidine rings is 1. The first-order valence-corrected chi connectivity index (χ1v) is 13.0. The fourth-order valence-corrected chi connectivity index (χ4v) is 8.07. The van der Waals surface area contributed by atoms with Crippen LogP contribution in [0.15, 0.2) is 53.7 Å². The van der Waals surface area contributed by atoms with E-state index in [1.807, 2.05) is 41.3 Å². The van der Waals surface area contributed by atoms with Gasteiger partial charge in [0, 0.05) is 30.6 Å². The molecule has 1 saturated heterocycles. The first-order valence-electron chi connectivity index (χ1n) is 13.0. The third-order valence-corrected chi connectivity index (χ3v) is 9.63. The lowest BCUT2D eigenvalue weighted by molar-refractivity contribution is -0.169. The number of aromatic hydroxyl groups is 1. The van der Waals surface area contributed by atoms with Gasteiger partial charge < -0.3 is 29.9 Å². The minimum atomic E-state index is -1.07. The van der Waals surface area contributed by atoms with Crippen LogP contribution in [-0.2, 0) is 23.2 Å². The summed E-state index contributed by atoms with van der Waals surface area (Å²) < 4.78 is 6.66. The highest BCUT2D eigenvalue weighted by Crippen LogP contribution is 2.67. The summed E-state index contributed by atoms with van der Waals surface area (Å²) in [5.41, 5.74) is 3.19. The molecule has 0 radical (unpaired) electrons. The summed E-state index contributed by atoms with van der Waals surface area (Å²) in [6.45, 7) is 1.16. The third kappa shape index (κ3) is 2.66. The van der Waals surface area contributed by atoms with Gasteiger partial charge in [-0.1, -0.05) is 36.4 Å². The molecule has 2 aromatic rings. The van der Waals surface area contributed by atoms with Gasteiger partial charge in [-0.05, 0) is 62.0 Å². The highest BCUT2D eigenvalue weighted by molar-refractivity contribution is 5.83. The summed E-state index contributed by atoms with van der Waals surface area (Å²) in [4.78, 5) is 18.0. The Morgan fingerprint density at radius 3 is 2.72 bits per heavy atom. The Kier molecular flexibility index (Phi) is 4.70. The van der Waals surface area contributed by atoms with Gasteiger partial charge in [-0.3, -0.25) is 4.79 Å². The number of hydrogen-bond acceptors (Lipinski definition) is 6. The first kappa shape index (κ1) is 22.3. The van der Waals surface area contributed by atoms with Crippen molar-refractivity contribution >= 4 is 5.91 Å². The molecule has 0 aromatic heterocycles. The van der Waals surface area contributed by atoms with Gasteiger partial charge in [0.15, 0.2) is 17.6 Å². The van der Waals surface area contributed by atoms with Crippen molar-refractivity contribution in [3.63, 3.8) is 0 Å². The zero-order valence-electron chi connectivity index (χ0n) is 20.5. The molecule has 188 valence electrons. The number of aliphatic hydroxyl groups excluding tert-OH is 1. The standard InChI is InChI=1S/C29H32N2O5/c1-30-11-10-28-23-18-7-8-21(33)25(23)36-26(28)24-20(15-29(28,35)22(30)14-18)13-19(9-12-32)27(34)31(24)16-17-5-3-2-4-6-17/h2-8,19,22,26,32-33,35H,9-16H2,1H3/t19-,22+,26-,28-,29+/m0/s1. The lowest BCUT2D eigenvalue weighted by atomic mass is 9.48. The number of likely N-dealkylation sites (N-methyl/N-ethyl adjacent to an activating group) is 1. The van der Waals surface area contributed by atoms with E-state index in [0.29, 0.717) is 44.4 Å². The van der Waals surface area contributed by atoms with Crippen LogP contribution in [0.4, 0.5) is 0 Å². The van der Waals surface area contributed by atoms with Crippen molar-refractivity contribution in [1.29, 1.82) is 0 Å². The maximum absolute atomic E-state index is 13.9. The number of phenolic OH excluding ortho intramolecular Hbond substituents is 1. The lowest BCUT2D eigenvalue weighted by Crippen LogP contribution is -2.76. The number of carbonyl (C=O) groups excluding carboxylic acids is 1. The molecule has 7 heteroatoms. The van der Waals surface area contributed by atoms with Crippen molar-refractivity contribution in [2.75, 3.05) is 20.2 Å². The molecule has 2 aliphatic carbocycles. The van der Waals surface area contributed by atoms with Crippen molar-refractivity contribution in [2.24, 2.45) is 5.92 Å². The predicted octanol–water partition coefficient (Wildman–Crippen LogP) is 2.47. The second-order valence-electron chi connectivity index (χ2n) is 11.3. The summed E-state index contributed by atoms with van der Waals surface area (Å²) >= 11 is 0. The zero-order chi connectivity index (χ0) is 24.8. The lowest BCUT2D eigenvalue weighted by Gasteiger charge is -2.64. The molecule has 7 nitrogen and oxygen atoms in total. The van der Waals surface area contributed by atoms with Crippen LogP contribution in [0.3, 0.4) is 0 Å². The van der Waals surface area contributed by atoms with Crippen LogP contribution in [0.2, 0.25) is 0 Å². The van der Waals surface area contributed by atoms with Crippen molar-refractivity contribution in [3.8, 4) is 11.5 Å². The topological polar surface area (TPSA) is 93.5 Å². The van der Waals surface area contributed by atoms with E-state index in [2.05, 4.69) is 11.9 Å². The van der Waals surface area contributed by atoms with E-state index in [1.165, 1.54) is 0 Å². The fourth-order valence-electron chi connectivity index (χ4n) is 8.07. The summed E-state index contributed by atoms with van der Waals surface area (Å²) in [6.07, 6.45) is 2.21. The summed E-state index contributed by atoms with van der Waals surface area (Å²) in [7, 11) is 2.08. The molecule has 1 spiro atoms. The zero-order valence-corrected chi connectivity index (χ0v) is 20.5. The molecule has 3 heterocycles. The Labute approximate surface area is 210 Å². The molecule has 5 aliphatic rings. The minimum Gasteiger partial charge on any atom is -0.504 e. The predicted molar refractivity (Wildman–Crippen MR) is 132 cm³/mol. The Hall–Kier alpha value is -2.87. The van der Waals surface area contributed by atoms with E-state index in [0.717, 1.165) is 34.5 Å². The highest BCUT2D eigenvalue weighted by atomic mass is 16.5. The molecule has 2 bridgehead atoms. The summed E-state index contributed by atoms with van der Waals surface area (Å²) in [5.74, 6) is 0.230. The Morgan fingerprint density at radius 2 is 1.94 bits per heavy atom. The van der Waals surface area contributed by atoms with Crippen molar-refractivity contribution in [3.05, 3.63) is 70.4 Å². The molecule has 36 heavy (non-hydrogen) atoms. The van der Waals surface area contributed by atoms with Crippen LogP contribution in [0.5, 0.6) is 11.5 Å². The van der Waals surface area contributed by atoms with E-state index in [4.69, 9.17) is 4.74 Å². The first-order chi connectivity index (χ1) is 17.4. The molecule has 1 amide bonds. The number of fused-ring (bicyclic) bond motifs is 1. The quantitative estimate of drug-likeness (QED) is 0.612.